The van der Waals surface area contributed by atoms with Crippen molar-refractivity contribution in [1.82, 2.24) is 24.9 Å². The van der Waals surface area contributed by atoms with Gasteiger partial charge in [-0.05, 0) is 89.9 Å². The van der Waals surface area contributed by atoms with E-state index in [0.29, 0.717) is 28.6 Å². The van der Waals surface area contributed by atoms with Crippen LogP contribution in [0.15, 0.2) is 64.0 Å². The van der Waals surface area contributed by atoms with Gasteiger partial charge in [0.05, 0.1) is 17.8 Å². The minimum atomic E-state index is -0.236. The molecule has 4 aliphatic heterocycles. The fraction of sp³-hybridized carbons (Fsp3) is 0.500. The number of hydrogen-bond donors (Lipinski definition) is 2. The van der Waals surface area contributed by atoms with Crippen molar-refractivity contribution in [1.29, 1.82) is 0 Å². The Morgan fingerprint density at radius 2 is 1.70 bits per heavy atom. The quantitative estimate of drug-likeness (QED) is 0.356. The number of halogens is 1. The highest BCUT2D eigenvalue weighted by Crippen LogP contribution is 2.42. The molecule has 1 aromatic heterocycles. The summed E-state index contributed by atoms with van der Waals surface area (Å²) in [6, 6.07) is 17.9. The topological polar surface area (TPSA) is 103 Å². The van der Waals surface area contributed by atoms with Crippen molar-refractivity contribution in [3.63, 3.8) is 0 Å². The number of nitrogens with zero attached hydrogens (tertiary/aromatic N) is 5. The molecule has 11 heteroatoms. The molecule has 2 amide bonds. The zero-order valence-corrected chi connectivity index (χ0v) is 28.8. The van der Waals surface area contributed by atoms with Crippen molar-refractivity contribution in [2.45, 2.75) is 56.5 Å². The summed E-state index contributed by atoms with van der Waals surface area (Å²) in [7, 11) is 3.82. The number of aryl methyl sites for hydroxylation is 1. The molecule has 4 atom stereocenters. The molecule has 5 heterocycles. The monoisotopic (exact) mass is 701 g/mol. The van der Waals surface area contributed by atoms with E-state index in [1.165, 1.54) is 34.3 Å². The number of carbonyl (C=O) groups is 2. The number of hydrogen-bond acceptors (Lipinski definition) is 8. The highest BCUT2D eigenvalue weighted by molar-refractivity contribution is 9.10. The lowest BCUT2D eigenvalue weighted by molar-refractivity contribution is -0.134. The predicted octanol–water partition coefficient (Wildman–Crippen LogP) is 4.07. The van der Waals surface area contributed by atoms with Crippen LogP contribution in [0.3, 0.4) is 0 Å². The molecular weight excluding hydrogens is 658 g/mol. The third-order valence-corrected chi connectivity index (χ3v) is 11.6. The van der Waals surface area contributed by atoms with Crippen molar-refractivity contribution in [2.75, 3.05) is 56.5 Å². The van der Waals surface area contributed by atoms with Crippen molar-refractivity contribution >= 4 is 39.1 Å². The summed E-state index contributed by atoms with van der Waals surface area (Å²) in [5, 5.41) is 10.2. The molecule has 3 aromatic rings. The number of nitrogens with one attached hydrogen (secondary N) is 2. The number of likely N-dealkylation sites (N-methyl/N-ethyl adjacent to an activating group) is 1. The normalized spacial score (nSPS) is 27.0. The van der Waals surface area contributed by atoms with Crippen LogP contribution in [0.5, 0.6) is 0 Å². The third kappa shape index (κ3) is 6.89. The van der Waals surface area contributed by atoms with Gasteiger partial charge in [0.1, 0.15) is 4.47 Å². The lowest BCUT2D eigenvalue weighted by Crippen LogP contribution is -2.43. The average molecular weight is 703 g/mol. The molecule has 0 aliphatic carbocycles. The Kier molecular flexibility index (Phi) is 8.97. The second-order valence-electron chi connectivity index (χ2n) is 14.3. The van der Waals surface area contributed by atoms with E-state index >= 15 is 0 Å². The summed E-state index contributed by atoms with van der Waals surface area (Å²) in [6.07, 6.45) is 6.12. The Bertz CT molecular complexity index is 1690. The first-order chi connectivity index (χ1) is 22.6. The first kappa shape index (κ1) is 32.0. The van der Waals surface area contributed by atoms with Crippen LogP contribution in [-0.4, -0.2) is 83.8 Å². The van der Waals surface area contributed by atoms with Gasteiger partial charge in [0, 0.05) is 69.9 Å². The first-order valence-corrected chi connectivity index (χ1v) is 17.6. The number of amides is 2. The van der Waals surface area contributed by atoms with Crippen LogP contribution in [0, 0.1) is 5.41 Å². The van der Waals surface area contributed by atoms with Crippen LogP contribution < -0.4 is 21.1 Å². The van der Waals surface area contributed by atoms with Crippen LogP contribution in [-0.2, 0) is 23.2 Å². The van der Waals surface area contributed by atoms with Crippen molar-refractivity contribution < 1.29 is 9.59 Å². The molecule has 4 aliphatic rings. The SMILES string of the molecule is CN1CC(Nc2cnn(C)c(=O)c2Br)CC(c2ccc(CN3CCC4(CCN(c5ccc(C6CCC(=O)NC6=O)cc5)C4)C3)cc2)C1. The molecule has 0 radical (unpaired) electrons. The largest absolute Gasteiger partial charge is 0.379 e. The molecule has 47 heavy (non-hydrogen) atoms. The second-order valence-corrected chi connectivity index (χ2v) is 15.1. The van der Waals surface area contributed by atoms with E-state index in [-0.39, 0.29) is 29.3 Å². The molecular formula is C36H44BrN7O3. The van der Waals surface area contributed by atoms with E-state index in [1.807, 2.05) is 0 Å². The lowest BCUT2D eigenvalue weighted by Gasteiger charge is -2.37. The van der Waals surface area contributed by atoms with E-state index in [9.17, 15) is 14.4 Å². The van der Waals surface area contributed by atoms with Gasteiger partial charge in [-0.25, -0.2) is 4.68 Å². The van der Waals surface area contributed by atoms with Crippen LogP contribution in [0.2, 0.25) is 0 Å². The maximum Gasteiger partial charge on any atom is 0.282 e. The van der Waals surface area contributed by atoms with Crippen LogP contribution in [0.4, 0.5) is 11.4 Å². The minimum Gasteiger partial charge on any atom is -0.379 e. The number of likely N-dealkylation sites (tertiary alicyclic amines) is 2. The number of carbonyl (C=O) groups excluding carboxylic acids is 2. The summed E-state index contributed by atoms with van der Waals surface area (Å²) < 4.78 is 1.86. The Balaban J connectivity index is 0.925. The third-order valence-electron chi connectivity index (χ3n) is 10.8. The average Bonchev–Trinajstić information content (AvgIpc) is 3.67. The Morgan fingerprint density at radius 1 is 0.957 bits per heavy atom. The predicted molar refractivity (Wildman–Crippen MR) is 187 cm³/mol. The smallest absolute Gasteiger partial charge is 0.282 e. The molecule has 248 valence electrons. The van der Waals surface area contributed by atoms with Gasteiger partial charge < -0.3 is 15.1 Å². The lowest BCUT2D eigenvalue weighted by atomic mass is 9.86. The van der Waals surface area contributed by atoms with Crippen LogP contribution in [0.25, 0.3) is 0 Å². The van der Waals surface area contributed by atoms with Gasteiger partial charge in [-0.1, -0.05) is 36.4 Å². The minimum absolute atomic E-state index is 0.140. The number of imide groups is 1. The standard InChI is InChI=1S/C36H44BrN7O3/c1-41-20-27(17-28(21-41)39-31-18-38-42(2)35(47)33(31)37)25-5-3-24(4-6-25)19-43-15-13-36(22-43)14-16-44(23-36)29-9-7-26(8-10-29)30-11-12-32(45)40-34(30)46/h3-10,18,27-28,30,39H,11-17,19-23H2,1-2H3,(H,40,45,46). The van der Waals surface area contributed by atoms with Crippen LogP contribution in [0.1, 0.15) is 60.6 Å². The maximum atomic E-state index is 12.3. The fourth-order valence-electron chi connectivity index (χ4n) is 8.23. The van der Waals surface area contributed by atoms with Crippen molar-refractivity contribution in [3.8, 4) is 0 Å². The summed E-state index contributed by atoms with van der Waals surface area (Å²) in [5.74, 6) is -0.173. The molecule has 7 rings (SSSR count). The molecule has 4 saturated heterocycles. The summed E-state index contributed by atoms with van der Waals surface area (Å²) in [6.45, 7) is 7.26. The number of piperidine rings is 2. The zero-order chi connectivity index (χ0) is 32.7. The van der Waals surface area contributed by atoms with E-state index in [1.54, 1.807) is 13.2 Å². The van der Waals surface area contributed by atoms with Crippen molar-refractivity contribution in [3.05, 3.63) is 86.2 Å². The van der Waals surface area contributed by atoms with Gasteiger partial charge in [-0.15, -0.1) is 0 Å². The molecule has 0 saturated carbocycles. The van der Waals surface area contributed by atoms with E-state index in [2.05, 4.69) is 102 Å². The van der Waals surface area contributed by atoms with Gasteiger partial charge in [0.2, 0.25) is 11.8 Å². The maximum absolute atomic E-state index is 12.3. The fourth-order valence-corrected chi connectivity index (χ4v) is 8.70. The highest BCUT2D eigenvalue weighted by Gasteiger charge is 2.43. The van der Waals surface area contributed by atoms with E-state index < -0.39 is 0 Å². The number of benzene rings is 2. The molecule has 1 spiro atoms. The molecule has 2 N–H and O–H groups in total. The molecule has 4 unspecified atom stereocenters. The van der Waals surface area contributed by atoms with E-state index in [0.717, 1.165) is 63.5 Å². The van der Waals surface area contributed by atoms with Gasteiger partial charge in [-0.2, -0.15) is 5.10 Å². The van der Waals surface area contributed by atoms with Gasteiger partial charge in [0.15, 0.2) is 0 Å². The van der Waals surface area contributed by atoms with Gasteiger partial charge in [0.25, 0.3) is 5.56 Å². The number of rotatable bonds is 7. The number of anilines is 2. The summed E-state index contributed by atoms with van der Waals surface area (Å²) >= 11 is 3.45. The molecule has 2 aromatic carbocycles. The summed E-state index contributed by atoms with van der Waals surface area (Å²) in [4.78, 5) is 43.7. The Hall–Kier alpha value is -3.54. The summed E-state index contributed by atoms with van der Waals surface area (Å²) in [5.41, 5.74) is 5.86. The number of aromatic nitrogens is 2. The van der Waals surface area contributed by atoms with Gasteiger partial charge >= 0.3 is 0 Å². The van der Waals surface area contributed by atoms with E-state index in [4.69, 9.17) is 0 Å². The zero-order valence-electron chi connectivity index (χ0n) is 27.3. The second kappa shape index (κ2) is 13.2. The molecule has 4 fully saturated rings. The van der Waals surface area contributed by atoms with Crippen LogP contribution >= 0.6 is 15.9 Å². The highest BCUT2D eigenvalue weighted by atomic mass is 79.9. The van der Waals surface area contributed by atoms with Gasteiger partial charge in [-0.3, -0.25) is 24.6 Å². The molecule has 0 bridgehead atoms. The Labute approximate surface area is 284 Å². The first-order valence-electron chi connectivity index (χ1n) is 16.8. The van der Waals surface area contributed by atoms with Crippen molar-refractivity contribution in [2.24, 2.45) is 12.5 Å². The Morgan fingerprint density at radius 3 is 2.47 bits per heavy atom. The molecule has 10 nitrogen and oxygen atoms in total.